The summed E-state index contributed by atoms with van der Waals surface area (Å²) in [5.74, 6) is -6.26. The number of allylic oxidation sites excluding steroid dienone is 9. The summed E-state index contributed by atoms with van der Waals surface area (Å²) in [5.41, 5.74) is -11.3. The number of hydrogen-bond acceptors (Lipinski definition) is 12. The molecule has 0 aromatic rings. The number of esters is 3. The molecule has 0 atom stereocenters. The van der Waals surface area contributed by atoms with Gasteiger partial charge in [-0.25, -0.2) is 14.4 Å². The van der Waals surface area contributed by atoms with Gasteiger partial charge in [0.05, 0.1) is 22.6 Å². The number of nitriles is 3. The molecular weight excluding hydrogens is 976 g/mol. The maximum Gasteiger partial charge on any atom is 0.418 e. The fourth-order valence-corrected chi connectivity index (χ4v) is 11.1. The van der Waals surface area contributed by atoms with Crippen molar-refractivity contribution in [3.05, 3.63) is 67.2 Å². The Morgan fingerprint density at radius 1 is 0.452 bits per heavy atom. The number of likely N-dealkylation sites (tertiary alicyclic amines) is 3. The lowest BCUT2D eigenvalue weighted by molar-refractivity contribution is -0.148. The van der Waals surface area contributed by atoms with Crippen molar-refractivity contribution in [2.45, 2.75) is 137 Å². The second-order valence-corrected chi connectivity index (χ2v) is 22.2. The van der Waals surface area contributed by atoms with Crippen LogP contribution in [-0.4, -0.2) is 110 Å². The number of hydrogen-bond donors (Lipinski definition) is 0. The first kappa shape index (κ1) is 56.4. The van der Waals surface area contributed by atoms with E-state index in [4.69, 9.17) is 14.2 Å². The molecule has 6 aliphatic rings. The number of carbonyl (C=O) groups excluding carboxylic acids is 3. The molecule has 73 heavy (non-hydrogen) atoms. The van der Waals surface area contributed by atoms with Crippen molar-refractivity contribution in [3.8, 4) is 18.2 Å². The van der Waals surface area contributed by atoms with Gasteiger partial charge in [0, 0.05) is 56.4 Å². The van der Waals surface area contributed by atoms with Gasteiger partial charge in [0.25, 0.3) is 0 Å². The van der Waals surface area contributed by atoms with Gasteiger partial charge >= 0.3 is 36.4 Å². The number of ether oxygens (including phenoxy) is 3. The molecule has 0 bridgehead atoms. The zero-order valence-corrected chi connectivity index (χ0v) is 42.0. The molecule has 0 N–H and O–H groups in total. The molecule has 0 saturated carbocycles. The molecule has 3 heterocycles. The molecule has 0 unspecified atom stereocenters. The van der Waals surface area contributed by atoms with Crippen LogP contribution >= 0.6 is 0 Å². The highest BCUT2D eigenvalue weighted by Crippen LogP contribution is 2.53. The van der Waals surface area contributed by atoms with Crippen LogP contribution in [-0.2, 0) is 28.6 Å². The average molecular weight is 1040 g/mol. The number of carbonyl (C=O) groups is 3. The van der Waals surface area contributed by atoms with Crippen LogP contribution < -0.4 is 0 Å². The standard InChI is InChI=1S/C52H61F9N6O6/c1-47(2)19-32(41(50(53,54)55)38(22-47)65-13-7-8-14-65)35(25-62)44(68)71-28-31(29-72-45(69)36(26-63)33-20-48(3,4)23-39(42(33)51(56,57)58)66-15-9-10-16-66)30-73-46(70)37(27-64)34-21-49(5,6)24-40(43(34)52(59,60)61)67-17-11-12-18-67/h31H,7-24,28-30H2,1-6H3/b35-32+,36-33+,37-34+. The third kappa shape index (κ3) is 13.1. The average Bonchev–Trinajstić information content (AvgIpc) is 4.10. The van der Waals surface area contributed by atoms with Gasteiger partial charge in [-0.15, -0.1) is 0 Å². The minimum absolute atomic E-state index is 0.0196. The lowest BCUT2D eigenvalue weighted by Crippen LogP contribution is -2.36. The summed E-state index contributed by atoms with van der Waals surface area (Å²) in [5, 5.41) is 30.9. The zero-order chi connectivity index (χ0) is 54.1. The monoisotopic (exact) mass is 1040 g/mol. The second-order valence-electron chi connectivity index (χ2n) is 22.2. The van der Waals surface area contributed by atoms with Gasteiger partial charge in [-0.2, -0.15) is 55.3 Å². The maximum absolute atomic E-state index is 15.0. The van der Waals surface area contributed by atoms with E-state index in [-0.39, 0.29) is 55.6 Å². The third-order valence-corrected chi connectivity index (χ3v) is 14.2. The Balaban J connectivity index is 1.38. The summed E-state index contributed by atoms with van der Waals surface area (Å²) >= 11 is 0. The van der Waals surface area contributed by atoms with Crippen molar-refractivity contribution in [1.82, 2.24) is 14.7 Å². The Labute approximate surface area is 419 Å². The van der Waals surface area contributed by atoms with Gasteiger partial charge in [-0.3, -0.25) is 0 Å². The molecular formula is C52H61F9N6O6. The van der Waals surface area contributed by atoms with Crippen LogP contribution in [0, 0.1) is 56.2 Å². The highest BCUT2D eigenvalue weighted by atomic mass is 19.4. The van der Waals surface area contributed by atoms with Crippen LogP contribution in [0.25, 0.3) is 0 Å². The number of rotatable bonds is 12. The molecule has 0 aromatic heterocycles. The highest BCUT2D eigenvalue weighted by Gasteiger charge is 2.51. The first-order chi connectivity index (χ1) is 33.9. The molecule has 0 aromatic carbocycles. The van der Waals surface area contributed by atoms with Crippen LogP contribution in [0.2, 0.25) is 0 Å². The molecule has 3 aliphatic carbocycles. The lowest BCUT2D eigenvalue weighted by Gasteiger charge is -2.39. The van der Waals surface area contributed by atoms with Crippen molar-refractivity contribution in [2.75, 3.05) is 59.1 Å². The summed E-state index contributed by atoms with van der Waals surface area (Å²) in [6.45, 7) is 8.90. The van der Waals surface area contributed by atoms with Crippen molar-refractivity contribution >= 4 is 17.9 Å². The first-order valence-corrected chi connectivity index (χ1v) is 24.5. The fraction of sp³-hybridized carbons (Fsp3) is 0.654. The van der Waals surface area contributed by atoms with E-state index in [1.807, 2.05) is 0 Å². The van der Waals surface area contributed by atoms with Crippen molar-refractivity contribution < 1.29 is 68.1 Å². The molecule has 398 valence electrons. The molecule has 0 amide bonds. The van der Waals surface area contributed by atoms with E-state index in [1.54, 1.807) is 74.4 Å². The molecule has 3 fully saturated rings. The first-order valence-electron chi connectivity index (χ1n) is 24.5. The molecule has 0 radical (unpaired) electrons. The minimum Gasteiger partial charge on any atom is -0.461 e. The van der Waals surface area contributed by atoms with Gasteiger partial charge in [0.1, 0.15) is 54.7 Å². The van der Waals surface area contributed by atoms with Gasteiger partial charge in [-0.05, 0) is 110 Å². The van der Waals surface area contributed by atoms with Crippen LogP contribution in [0.5, 0.6) is 0 Å². The Morgan fingerprint density at radius 2 is 0.671 bits per heavy atom. The highest BCUT2D eigenvalue weighted by molar-refractivity contribution is 5.96. The van der Waals surface area contributed by atoms with E-state index in [1.165, 1.54) is 0 Å². The van der Waals surface area contributed by atoms with E-state index < -0.39 is 129 Å². The van der Waals surface area contributed by atoms with Crippen molar-refractivity contribution in [1.29, 1.82) is 15.8 Å². The van der Waals surface area contributed by atoms with Crippen LogP contribution in [0.15, 0.2) is 67.2 Å². The lowest BCUT2D eigenvalue weighted by atomic mass is 9.72. The Hall–Kier alpha value is -5.91. The molecule has 21 heteroatoms. The minimum atomic E-state index is -5.02. The SMILES string of the molecule is CC1(C)CC(N2CCCC2)=C(C(F)(F)F)/C(=C(\C#N)C(=O)OCC(COC(=O)/C(C#N)=C2\CC(C)(C)CC(N3CCCC3)=C2C(F)(F)F)COC(=O)/C(C#N)=C2\CC(C)(C)CC(N3CCCC3)=C2C(F)(F)F)C1. The second kappa shape index (κ2) is 21.5. The van der Waals surface area contributed by atoms with Gasteiger partial charge in [0.15, 0.2) is 0 Å². The molecule has 3 saturated heterocycles. The third-order valence-electron chi connectivity index (χ3n) is 14.2. The maximum atomic E-state index is 15.0. The van der Waals surface area contributed by atoms with E-state index in [0.717, 1.165) is 0 Å². The quantitative estimate of drug-likeness (QED) is 0.0599. The molecule has 3 aliphatic heterocycles. The molecule has 0 spiro atoms. The Bertz CT molecular complexity index is 2260. The van der Waals surface area contributed by atoms with Crippen molar-refractivity contribution in [3.63, 3.8) is 0 Å². The fourth-order valence-electron chi connectivity index (χ4n) is 11.1. The topological polar surface area (TPSA) is 160 Å². The molecule has 12 nitrogen and oxygen atoms in total. The van der Waals surface area contributed by atoms with E-state index >= 15 is 39.5 Å². The van der Waals surface area contributed by atoms with E-state index in [0.29, 0.717) is 77.8 Å². The number of alkyl halides is 9. The number of nitrogens with zero attached hydrogens (tertiary/aromatic N) is 6. The molecule has 6 rings (SSSR count). The predicted molar refractivity (Wildman–Crippen MR) is 245 cm³/mol. The van der Waals surface area contributed by atoms with E-state index in [2.05, 4.69) is 0 Å². The summed E-state index contributed by atoms with van der Waals surface area (Å²) in [7, 11) is 0. The smallest absolute Gasteiger partial charge is 0.418 e. The van der Waals surface area contributed by atoms with Crippen LogP contribution in [0.1, 0.15) is 119 Å². The summed E-state index contributed by atoms with van der Waals surface area (Å²) in [4.78, 5) is 46.4. The summed E-state index contributed by atoms with van der Waals surface area (Å²) in [6.07, 6.45) is -12.5. The van der Waals surface area contributed by atoms with Crippen LogP contribution in [0.3, 0.4) is 0 Å². The predicted octanol–water partition coefficient (Wildman–Crippen LogP) is 10.9. The Morgan fingerprint density at radius 3 is 0.863 bits per heavy atom. The van der Waals surface area contributed by atoms with Gasteiger partial charge in [-0.1, -0.05) is 41.5 Å². The Kier molecular flexibility index (Phi) is 16.6. The normalized spacial score (nSPS) is 23.5. The van der Waals surface area contributed by atoms with Gasteiger partial charge < -0.3 is 28.9 Å². The van der Waals surface area contributed by atoms with Gasteiger partial charge in [0.2, 0.25) is 0 Å². The largest absolute Gasteiger partial charge is 0.461 e. The zero-order valence-electron chi connectivity index (χ0n) is 42.0. The van der Waals surface area contributed by atoms with E-state index in [9.17, 15) is 30.2 Å². The summed E-state index contributed by atoms with van der Waals surface area (Å²) in [6, 6.07) is 4.67. The number of halogens is 9. The summed E-state index contributed by atoms with van der Waals surface area (Å²) < 4.78 is 151. The van der Waals surface area contributed by atoms with Crippen molar-refractivity contribution in [2.24, 2.45) is 22.2 Å². The van der Waals surface area contributed by atoms with Crippen LogP contribution in [0.4, 0.5) is 39.5 Å².